The summed E-state index contributed by atoms with van der Waals surface area (Å²) in [5, 5.41) is 5.79. The van der Waals surface area contributed by atoms with Gasteiger partial charge in [0.2, 0.25) is 5.91 Å². The number of anilines is 1. The molecule has 82 valence electrons. The molecule has 0 radical (unpaired) electrons. The third-order valence-corrected chi connectivity index (χ3v) is 2.38. The second-order valence-electron chi connectivity index (χ2n) is 3.07. The Morgan fingerprint density at radius 3 is 3.07 bits per heavy atom. The highest BCUT2D eigenvalue weighted by molar-refractivity contribution is 9.10. The first-order valence-electron chi connectivity index (χ1n) is 4.85. The van der Waals surface area contributed by atoms with Gasteiger partial charge in [-0.1, -0.05) is 6.92 Å². The van der Waals surface area contributed by atoms with Gasteiger partial charge in [-0.05, 0) is 41.0 Å². The van der Waals surface area contributed by atoms with E-state index >= 15 is 0 Å². The molecule has 15 heavy (non-hydrogen) atoms. The van der Waals surface area contributed by atoms with Crippen molar-refractivity contribution in [2.45, 2.75) is 13.3 Å². The van der Waals surface area contributed by atoms with E-state index in [2.05, 4.69) is 38.5 Å². The average molecular weight is 272 g/mol. The van der Waals surface area contributed by atoms with Crippen molar-refractivity contribution in [2.75, 3.05) is 18.4 Å². The Bertz CT molecular complexity index is 330. The Morgan fingerprint density at radius 2 is 2.40 bits per heavy atom. The molecule has 1 heterocycles. The van der Waals surface area contributed by atoms with Crippen LogP contribution in [0.1, 0.15) is 13.3 Å². The molecule has 5 heteroatoms. The van der Waals surface area contributed by atoms with E-state index in [0.717, 1.165) is 13.0 Å². The molecule has 0 spiro atoms. The maximum absolute atomic E-state index is 11.4. The molecule has 1 rings (SSSR count). The van der Waals surface area contributed by atoms with Crippen LogP contribution in [-0.4, -0.2) is 24.0 Å². The fourth-order valence-electron chi connectivity index (χ4n) is 1.05. The Kier molecular flexibility index (Phi) is 5.28. The first-order chi connectivity index (χ1) is 7.24. The number of halogens is 1. The molecule has 0 fully saturated rings. The van der Waals surface area contributed by atoms with Crippen LogP contribution in [0.2, 0.25) is 0 Å². The summed E-state index contributed by atoms with van der Waals surface area (Å²) in [6.45, 7) is 3.24. The van der Waals surface area contributed by atoms with E-state index in [4.69, 9.17) is 0 Å². The van der Waals surface area contributed by atoms with E-state index in [0.29, 0.717) is 16.8 Å². The van der Waals surface area contributed by atoms with E-state index in [9.17, 15) is 4.79 Å². The monoisotopic (exact) mass is 271 g/mol. The molecule has 4 nitrogen and oxygen atoms in total. The van der Waals surface area contributed by atoms with Gasteiger partial charge < -0.3 is 10.6 Å². The summed E-state index contributed by atoms with van der Waals surface area (Å²) >= 11 is 3.26. The van der Waals surface area contributed by atoms with Gasteiger partial charge in [-0.15, -0.1) is 0 Å². The van der Waals surface area contributed by atoms with Gasteiger partial charge in [-0.2, -0.15) is 0 Å². The Balaban J connectivity index is 2.41. The molecular weight excluding hydrogens is 258 g/mol. The lowest BCUT2D eigenvalue weighted by molar-refractivity contribution is -0.115. The third-order valence-electron chi connectivity index (χ3n) is 1.75. The van der Waals surface area contributed by atoms with Crippen LogP contribution < -0.4 is 10.6 Å². The first kappa shape index (κ1) is 12.1. The van der Waals surface area contributed by atoms with Crippen molar-refractivity contribution in [1.29, 1.82) is 0 Å². The number of nitrogens with zero attached hydrogens (tertiary/aromatic N) is 1. The fraction of sp³-hybridized carbons (Fsp3) is 0.400. The summed E-state index contributed by atoms with van der Waals surface area (Å²) in [5.41, 5.74) is 0.695. The summed E-state index contributed by atoms with van der Waals surface area (Å²) in [6.07, 6.45) is 2.68. The highest BCUT2D eigenvalue weighted by atomic mass is 79.9. The zero-order valence-electron chi connectivity index (χ0n) is 8.59. The minimum Gasteiger partial charge on any atom is -0.323 e. The van der Waals surface area contributed by atoms with E-state index < -0.39 is 0 Å². The van der Waals surface area contributed by atoms with Crippen molar-refractivity contribution < 1.29 is 4.79 Å². The number of hydrogen-bond donors (Lipinski definition) is 2. The number of aromatic nitrogens is 1. The largest absolute Gasteiger partial charge is 0.323 e. The molecule has 0 atom stereocenters. The van der Waals surface area contributed by atoms with Gasteiger partial charge in [-0.25, -0.2) is 4.98 Å². The zero-order valence-corrected chi connectivity index (χ0v) is 10.2. The van der Waals surface area contributed by atoms with Gasteiger partial charge in [0.05, 0.1) is 12.2 Å². The fourth-order valence-corrected chi connectivity index (χ4v) is 1.40. The molecular formula is C10H14BrN3O. The summed E-state index contributed by atoms with van der Waals surface area (Å²) in [4.78, 5) is 15.4. The van der Waals surface area contributed by atoms with Crippen LogP contribution in [0.15, 0.2) is 22.9 Å². The first-order valence-corrected chi connectivity index (χ1v) is 5.64. The Labute approximate surface area is 97.6 Å². The minimum atomic E-state index is -0.0582. The lowest BCUT2D eigenvalue weighted by atomic mass is 10.4. The highest BCUT2D eigenvalue weighted by Gasteiger charge is 2.04. The van der Waals surface area contributed by atoms with Gasteiger partial charge in [0.1, 0.15) is 4.60 Å². The lowest BCUT2D eigenvalue weighted by Crippen LogP contribution is -2.28. The minimum absolute atomic E-state index is 0.0582. The molecule has 1 aromatic rings. The molecule has 1 aromatic heterocycles. The molecule has 0 saturated heterocycles. The van der Waals surface area contributed by atoms with Crippen LogP contribution in [0.3, 0.4) is 0 Å². The van der Waals surface area contributed by atoms with Crippen molar-refractivity contribution in [3.63, 3.8) is 0 Å². The zero-order chi connectivity index (χ0) is 11.1. The van der Waals surface area contributed by atoms with E-state index in [-0.39, 0.29) is 5.91 Å². The van der Waals surface area contributed by atoms with Crippen LogP contribution in [0.4, 0.5) is 5.69 Å². The molecule has 1 amide bonds. The standard InChI is InChI=1S/C10H14BrN3O/c1-2-5-12-7-9(15)14-8-4-3-6-13-10(8)11/h3-4,6,12H,2,5,7H2,1H3,(H,14,15). The van der Waals surface area contributed by atoms with Gasteiger partial charge in [0, 0.05) is 6.20 Å². The second-order valence-corrected chi connectivity index (χ2v) is 3.82. The van der Waals surface area contributed by atoms with Gasteiger partial charge in [0.25, 0.3) is 0 Å². The second kappa shape index (κ2) is 6.53. The van der Waals surface area contributed by atoms with Crippen molar-refractivity contribution in [2.24, 2.45) is 0 Å². The molecule has 0 aromatic carbocycles. The van der Waals surface area contributed by atoms with Crippen LogP contribution in [0.25, 0.3) is 0 Å². The molecule has 0 aliphatic rings. The average Bonchev–Trinajstić information content (AvgIpc) is 2.22. The van der Waals surface area contributed by atoms with Crippen LogP contribution in [-0.2, 0) is 4.79 Å². The number of hydrogen-bond acceptors (Lipinski definition) is 3. The molecule has 0 bridgehead atoms. The van der Waals surface area contributed by atoms with Gasteiger partial charge >= 0.3 is 0 Å². The van der Waals surface area contributed by atoms with Crippen molar-refractivity contribution in [1.82, 2.24) is 10.3 Å². The summed E-state index contributed by atoms with van der Waals surface area (Å²) in [5.74, 6) is -0.0582. The maximum atomic E-state index is 11.4. The Hall–Kier alpha value is -0.940. The summed E-state index contributed by atoms with van der Waals surface area (Å²) in [7, 11) is 0. The number of amides is 1. The van der Waals surface area contributed by atoms with E-state index in [1.165, 1.54) is 0 Å². The van der Waals surface area contributed by atoms with Crippen LogP contribution in [0, 0.1) is 0 Å². The molecule has 0 aliphatic carbocycles. The SMILES string of the molecule is CCCNCC(=O)Nc1cccnc1Br. The van der Waals surface area contributed by atoms with Gasteiger partial charge in [-0.3, -0.25) is 4.79 Å². The normalized spacial score (nSPS) is 10.0. The molecule has 0 aliphatic heterocycles. The van der Waals surface area contributed by atoms with E-state index in [1.807, 2.05) is 0 Å². The third kappa shape index (κ3) is 4.40. The quantitative estimate of drug-likeness (QED) is 0.634. The predicted molar refractivity (Wildman–Crippen MR) is 63.7 cm³/mol. The summed E-state index contributed by atoms with van der Waals surface area (Å²) in [6, 6.07) is 3.58. The number of rotatable bonds is 5. The predicted octanol–water partition coefficient (Wildman–Crippen LogP) is 1.78. The number of nitrogens with one attached hydrogen (secondary N) is 2. The molecule has 2 N–H and O–H groups in total. The topological polar surface area (TPSA) is 54.0 Å². The van der Waals surface area contributed by atoms with Crippen molar-refractivity contribution in [3.05, 3.63) is 22.9 Å². The molecule has 0 saturated carbocycles. The summed E-state index contributed by atoms with van der Waals surface area (Å²) < 4.78 is 0.647. The maximum Gasteiger partial charge on any atom is 0.238 e. The van der Waals surface area contributed by atoms with Gasteiger partial charge in [0.15, 0.2) is 0 Å². The van der Waals surface area contributed by atoms with Crippen molar-refractivity contribution in [3.8, 4) is 0 Å². The van der Waals surface area contributed by atoms with E-state index in [1.54, 1.807) is 18.3 Å². The van der Waals surface area contributed by atoms with Crippen molar-refractivity contribution >= 4 is 27.5 Å². The Morgan fingerprint density at radius 1 is 1.60 bits per heavy atom. The lowest BCUT2D eigenvalue weighted by Gasteiger charge is -2.06. The van der Waals surface area contributed by atoms with Crippen LogP contribution in [0.5, 0.6) is 0 Å². The molecule has 0 unspecified atom stereocenters. The number of carbonyl (C=O) groups excluding carboxylic acids is 1. The number of carbonyl (C=O) groups is 1. The highest BCUT2D eigenvalue weighted by Crippen LogP contribution is 2.17. The smallest absolute Gasteiger partial charge is 0.238 e. The van der Waals surface area contributed by atoms with Crippen LogP contribution >= 0.6 is 15.9 Å². The number of pyridine rings is 1.